The van der Waals surface area contributed by atoms with E-state index >= 15 is 0 Å². The molecule has 2 N–H and O–H groups in total. The van der Waals surface area contributed by atoms with Crippen molar-refractivity contribution in [1.82, 2.24) is 20.4 Å². The highest BCUT2D eigenvalue weighted by Crippen LogP contribution is 2.17. The number of ether oxygens (including phenoxy) is 1. The number of nitrogens with one attached hydrogen (secondary N) is 2. The molecule has 3 heterocycles. The standard InChI is InChI=1S/C16H28N4O3/c1-19-7-3-5-13(19)15(21)17-11-9-23-10-12(11)18-16(22)14-6-4-8-20(14)2/h11-14H,3-10H2,1-2H3,(H,17,21)(H,18,22)/t11-,12+,13-,14-/m0/s1. The summed E-state index contributed by atoms with van der Waals surface area (Å²) in [5, 5.41) is 6.15. The smallest absolute Gasteiger partial charge is 0.237 e. The van der Waals surface area contributed by atoms with Crippen LogP contribution in [0.3, 0.4) is 0 Å². The van der Waals surface area contributed by atoms with Crippen LogP contribution >= 0.6 is 0 Å². The summed E-state index contributed by atoms with van der Waals surface area (Å²) in [5.74, 6) is 0.107. The van der Waals surface area contributed by atoms with Crippen LogP contribution in [0, 0.1) is 0 Å². The lowest BCUT2D eigenvalue weighted by atomic mass is 10.1. The molecule has 0 aromatic rings. The lowest BCUT2D eigenvalue weighted by Crippen LogP contribution is -2.56. The van der Waals surface area contributed by atoms with Gasteiger partial charge in [-0.25, -0.2) is 0 Å². The predicted molar refractivity (Wildman–Crippen MR) is 86.0 cm³/mol. The van der Waals surface area contributed by atoms with Crippen molar-refractivity contribution in [2.24, 2.45) is 0 Å². The van der Waals surface area contributed by atoms with Gasteiger partial charge in [0.25, 0.3) is 0 Å². The fraction of sp³-hybridized carbons (Fsp3) is 0.875. The van der Waals surface area contributed by atoms with Gasteiger partial charge in [0.15, 0.2) is 0 Å². The minimum Gasteiger partial charge on any atom is -0.377 e. The molecule has 0 unspecified atom stereocenters. The van der Waals surface area contributed by atoms with Crippen LogP contribution in [0.2, 0.25) is 0 Å². The first kappa shape index (κ1) is 16.7. The molecule has 3 aliphatic rings. The van der Waals surface area contributed by atoms with E-state index in [-0.39, 0.29) is 36.0 Å². The maximum atomic E-state index is 12.4. The summed E-state index contributed by atoms with van der Waals surface area (Å²) >= 11 is 0. The highest BCUT2D eigenvalue weighted by Gasteiger charge is 2.37. The average molecular weight is 324 g/mol. The van der Waals surface area contributed by atoms with Gasteiger partial charge >= 0.3 is 0 Å². The summed E-state index contributed by atoms with van der Waals surface area (Å²) in [4.78, 5) is 29.0. The Morgan fingerprint density at radius 3 is 1.65 bits per heavy atom. The van der Waals surface area contributed by atoms with Crippen LogP contribution < -0.4 is 10.6 Å². The molecule has 7 nitrogen and oxygen atoms in total. The van der Waals surface area contributed by atoms with Gasteiger partial charge in [0.05, 0.1) is 37.4 Å². The summed E-state index contributed by atoms with van der Waals surface area (Å²) in [6.45, 7) is 2.86. The molecule has 0 aliphatic carbocycles. The highest BCUT2D eigenvalue weighted by molar-refractivity contribution is 5.84. The monoisotopic (exact) mass is 324 g/mol. The van der Waals surface area contributed by atoms with Crippen molar-refractivity contribution in [2.75, 3.05) is 40.4 Å². The van der Waals surface area contributed by atoms with Gasteiger partial charge < -0.3 is 15.4 Å². The zero-order valence-electron chi connectivity index (χ0n) is 14.1. The molecule has 130 valence electrons. The van der Waals surface area contributed by atoms with Crippen molar-refractivity contribution < 1.29 is 14.3 Å². The van der Waals surface area contributed by atoms with Crippen LogP contribution in [0.1, 0.15) is 25.7 Å². The summed E-state index contributed by atoms with van der Waals surface area (Å²) in [6.07, 6.45) is 3.92. The van der Waals surface area contributed by atoms with Crippen molar-refractivity contribution in [3.8, 4) is 0 Å². The number of hydrogen-bond acceptors (Lipinski definition) is 5. The van der Waals surface area contributed by atoms with E-state index in [0.29, 0.717) is 13.2 Å². The Kier molecular flexibility index (Phi) is 5.18. The molecule has 0 spiro atoms. The predicted octanol–water partition coefficient (Wildman–Crippen LogP) is -0.825. The van der Waals surface area contributed by atoms with Gasteiger partial charge in [-0.1, -0.05) is 0 Å². The molecule has 0 saturated carbocycles. The molecular formula is C16H28N4O3. The second kappa shape index (κ2) is 7.15. The van der Waals surface area contributed by atoms with Crippen LogP contribution in [0.15, 0.2) is 0 Å². The number of nitrogens with zero attached hydrogens (tertiary/aromatic N) is 2. The average Bonchev–Trinajstić information content (AvgIpc) is 3.21. The SMILES string of the molecule is CN1CCC[C@H]1C(=O)N[C@H]1COC[C@H]1NC(=O)[C@@H]1CCCN1C. The van der Waals surface area contributed by atoms with Crippen molar-refractivity contribution in [2.45, 2.75) is 49.9 Å². The molecule has 2 amide bonds. The van der Waals surface area contributed by atoms with Crippen molar-refractivity contribution >= 4 is 11.8 Å². The van der Waals surface area contributed by atoms with Gasteiger partial charge in [0.1, 0.15) is 0 Å². The zero-order valence-corrected chi connectivity index (χ0v) is 14.1. The number of hydrogen-bond donors (Lipinski definition) is 2. The quantitative estimate of drug-likeness (QED) is 0.706. The van der Waals surface area contributed by atoms with Crippen LogP contribution in [0.4, 0.5) is 0 Å². The number of amides is 2. The molecule has 0 aromatic heterocycles. The minimum absolute atomic E-state index is 0.0482. The van der Waals surface area contributed by atoms with Gasteiger partial charge in [-0.05, 0) is 52.9 Å². The van der Waals surface area contributed by atoms with E-state index in [1.165, 1.54) is 0 Å². The lowest BCUT2D eigenvalue weighted by Gasteiger charge is -2.26. The Hall–Kier alpha value is -1.18. The number of carbonyl (C=O) groups excluding carboxylic acids is 2. The molecule has 0 aromatic carbocycles. The molecule has 3 aliphatic heterocycles. The summed E-state index contributed by atoms with van der Waals surface area (Å²) < 4.78 is 5.49. The largest absolute Gasteiger partial charge is 0.377 e. The first-order chi connectivity index (χ1) is 11.1. The number of rotatable bonds is 4. The Bertz CT molecular complexity index is 419. The lowest BCUT2D eigenvalue weighted by molar-refractivity contribution is -0.128. The molecule has 4 atom stereocenters. The summed E-state index contributed by atoms with van der Waals surface area (Å²) in [6, 6.07) is -0.361. The Morgan fingerprint density at radius 1 is 0.870 bits per heavy atom. The topological polar surface area (TPSA) is 73.9 Å². The van der Waals surface area contributed by atoms with Crippen LogP contribution in [0.25, 0.3) is 0 Å². The third-order valence-electron chi connectivity index (χ3n) is 5.38. The van der Waals surface area contributed by atoms with E-state index < -0.39 is 0 Å². The molecule has 0 bridgehead atoms. The maximum Gasteiger partial charge on any atom is 0.237 e. The minimum atomic E-state index is -0.132. The number of carbonyl (C=O) groups is 2. The van der Waals surface area contributed by atoms with Crippen molar-refractivity contribution in [1.29, 1.82) is 0 Å². The van der Waals surface area contributed by atoms with Gasteiger partial charge in [-0.3, -0.25) is 19.4 Å². The molecule has 23 heavy (non-hydrogen) atoms. The Labute approximate surface area is 137 Å². The number of likely N-dealkylation sites (N-methyl/N-ethyl adjacent to an activating group) is 2. The molecule has 3 fully saturated rings. The van der Waals surface area contributed by atoms with E-state index in [9.17, 15) is 9.59 Å². The van der Waals surface area contributed by atoms with Crippen molar-refractivity contribution in [3.63, 3.8) is 0 Å². The molecule has 0 radical (unpaired) electrons. The normalized spacial score (nSPS) is 35.6. The van der Waals surface area contributed by atoms with Crippen LogP contribution in [-0.2, 0) is 14.3 Å². The molecule has 3 saturated heterocycles. The van der Waals surface area contributed by atoms with Gasteiger partial charge in [0.2, 0.25) is 11.8 Å². The summed E-state index contributed by atoms with van der Waals surface area (Å²) in [7, 11) is 3.97. The second-order valence-corrected chi connectivity index (χ2v) is 7.04. The number of likely N-dealkylation sites (tertiary alicyclic amines) is 2. The van der Waals surface area contributed by atoms with Crippen molar-refractivity contribution in [3.05, 3.63) is 0 Å². The third kappa shape index (κ3) is 3.67. The second-order valence-electron chi connectivity index (χ2n) is 7.04. The third-order valence-corrected chi connectivity index (χ3v) is 5.38. The summed E-state index contributed by atoms with van der Waals surface area (Å²) in [5.41, 5.74) is 0. The molecule has 3 rings (SSSR count). The van der Waals surface area contributed by atoms with E-state index in [1.807, 2.05) is 14.1 Å². The van der Waals surface area contributed by atoms with Crippen LogP contribution in [-0.4, -0.2) is 86.2 Å². The molecule has 7 heteroatoms. The Balaban J connectivity index is 1.53. The maximum absolute atomic E-state index is 12.4. The Morgan fingerprint density at radius 2 is 1.30 bits per heavy atom. The fourth-order valence-electron chi connectivity index (χ4n) is 3.88. The van der Waals surface area contributed by atoms with Gasteiger partial charge in [0, 0.05) is 0 Å². The van der Waals surface area contributed by atoms with E-state index in [4.69, 9.17) is 4.74 Å². The van der Waals surface area contributed by atoms with Gasteiger partial charge in [-0.2, -0.15) is 0 Å². The van der Waals surface area contributed by atoms with E-state index in [1.54, 1.807) is 0 Å². The van der Waals surface area contributed by atoms with E-state index in [0.717, 1.165) is 38.8 Å². The van der Waals surface area contributed by atoms with Crippen LogP contribution in [0.5, 0.6) is 0 Å². The first-order valence-electron chi connectivity index (χ1n) is 8.65. The first-order valence-corrected chi connectivity index (χ1v) is 8.65. The van der Waals surface area contributed by atoms with E-state index in [2.05, 4.69) is 20.4 Å². The molecular weight excluding hydrogens is 296 g/mol. The fourth-order valence-corrected chi connectivity index (χ4v) is 3.88. The van der Waals surface area contributed by atoms with Gasteiger partial charge in [-0.15, -0.1) is 0 Å². The zero-order chi connectivity index (χ0) is 16.4. The highest BCUT2D eigenvalue weighted by atomic mass is 16.5.